The predicted octanol–water partition coefficient (Wildman–Crippen LogP) is 1.14. The fraction of sp³-hybridized carbons (Fsp3) is 0.583. The summed E-state index contributed by atoms with van der Waals surface area (Å²) in [6, 6.07) is 3.77. The van der Waals surface area contributed by atoms with Crippen LogP contribution in [0.5, 0.6) is 5.75 Å². The van der Waals surface area contributed by atoms with Crippen LogP contribution in [-0.4, -0.2) is 28.3 Å². The lowest BCUT2D eigenvalue weighted by molar-refractivity contribution is -0.0115. The Labute approximate surface area is 95.3 Å². The van der Waals surface area contributed by atoms with Crippen molar-refractivity contribution in [3.8, 4) is 5.75 Å². The SMILES string of the molecule is CN[C@H]1CC[C@](O)(c2ccc(O)cn2)CC1. The summed E-state index contributed by atoms with van der Waals surface area (Å²) in [6.45, 7) is 0. The van der Waals surface area contributed by atoms with E-state index in [-0.39, 0.29) is 5.75 Å². The van der Waals surface area contributed by atoms with Crippen molar-refractivity contribution < 1.29 is 10.2 Å². The molecule has 2 rings (SSSR count). The summed E-state index contributed by atoms with van der Waals surface area (Å²) in [5, 5.41) is 22.9. The van der Waals surface area contributed by atoms with Crippen LogP contribution in [0.15, 0.2) is 18.3 Å². The van der Waals surface area contributed by atoms with Crippen LogP contribution in [0.3, 0.4) is 0 Å². The fourth-order valence-corrected chi connectivity index (χ4v) is 2.30. The van der Waals surface area contributed by atoms with E-state index >= 15 is 0 Å². The zero-order valence-corrected chi connectivity index (χ0v) is 9.48. The standard InChI is InChI=1S/C12H18N2O2/c1-13-9-4-6-12(16,7-5-9)11-3-2-10(15)8-14-11/h2-3,8-9,13,15-16H,4-7H2,1H3/t9-,12+. The Morgan fingerprint density at radius 3 is 2.56 bits per heavy atom. The molecule has 88 valence electrons. The van der Waals surface area contributed by atoms with Gasteiger partial charge in [0.1, 0.15) is 11.4 Å². The first kappa shape index (κ1) is 11.4. The molecule has 0 atom stereocenters. The summed E-state index contributed by atoms with van der Waals surface area (Å²) < 4.78 is 0. The second-order valence-corrected chi connectivity index (χ2v) is 4.50. The van der Waals surface area contributed by atoms with Gasteiger partial charge in [0.15, 0.2) is 0 Å². The van der Waals surface area contributed by atoms with E-state index in [1.165, 1.54) is 6.20 Å². The van der Waals surface area contributed by atoms with E-state index in [4.69, 9.17) is 5.11 Å². The zero-order valence-electron chi connectivity index (χ0n) is 9.48. The molecule has 1 aromatic rings. The molecule has 0 radical (unpaired) electrons. The Kier molecular flexibility index (Phi) is 3.12. The number of aromatic hydroxyl groups is 1. The maximum absolute atomic E-state index is 10.5. The summed E-state index contributed by atoms with van der Waals surface area (Å²) in [6.07, 6.45) is 4.73. The number of aliphatic hydroxyl groups is 1. The van der Waals surface area contributed by atoms with Crippen molar-refractivity contribution in [3.63, 3.8) is 0 Å². The van der Waals surface area contributed by atoms with Gasteiger partial charge >= 0.3 is 0 Å². The molecule has 0 bridgehead atoms. The van der Waals surface area contributed by atoms with Crippen LogP contribution in [0.4, 0.5) is 0 Å². The third-order valence-electron chi connectivity index (χ3n) is 3.45. The topological polar surface area (TPSA) is 65.4 Å². The lowest BCUT2D eigenvalue weighted by atomic mass is 9.80. The van der Waals surface area contributed by atoms with Gasteiger partial charge in [0, 0.05) is 6.04 Å². The van der Waals surface area contributed by atoms with Crippen LogP contribution in [0.25, 0.3) is 0 Å². The molecule has 1 heterocycles. The van der Waals surface area contributed by atoms with E-state index in [9.17, 15) is 5.11 Å². The lowest BCUT2D eigenvalue weighted by Gasteiger charge is -2.35. The number of hydrogen-bond donors (Lipinski definition) is 3. The maximum Gasteiger partial charge on any atom is 0.133 e. The lowest BCUT2D eigenvalue weighted by Crippen LogP contribution is -2.38. The number of pyridine rings is 1. The highest BCUT2D eigenvalue weighted by Gasteiger charge is 2.35. The molecule has 4 heteroatoms. The van der Waals surface area contributed by atoms with Crippen LogP contribution >= 0.6 is 0 Å². The second-order valence-electron chi connectivity index (χ2n) is 4.50. The van der Waals surface area contributed by atoms with E-state index in [1.807, 2.05) is 7.05 Å². The summed E-state index contributed by atoms with van der Waals surface area (Å²) in [5.41, 5.74) is -0.152. The largest absolute Gasteiger partial charge is 0.506 e. The molecule has 1 fully saturated rings. The number of aromatic nitrogens is 1. The van der Waals surface area contributed by atoms with E-state index in [0.29, 0.717) is 11.7 Å². The van der Waals surface area contributed by atoms with Gasteiger partial charge < -0.3 is 15.5 Å². The van der Waals surface area contributed by atoms with Gasteiger partial charge in [-0.05, 0) is 44.9 Å². The normalized spacial score (nSPS) is 30.2. The molecule has 0 aromatic carbocycles. The average molecular weight is 222 g/mol. The van der Waals surface area contributed by atoms with Gasteiger partial charge in [-0.25, -0.2) is 0 Å². The fourth-order valence-electron chi connectivity index (χ4n) is 2.30. The van der Waals surface area contributed by atoms with Crippen LogP contribution in [-0.2, 0) is 5.60 Å². The van der Waals surface area contributed by atoms with Crippen LogP contribution < -0.4 is 5.32 Å². The summed E-state index contributed by atoms with van der Waals surface area (Å²) in [5.74, 6) is 0.135. The predicted molar refractivity (Wildman–Crippen MR) is 61.1 cm³/mol. The van der Waals surface area contributed by atoms with E-state index in [2.05, 4.69) is 10.3 Å². The first-order chi connectivity index (χ1) is 7.64. The van der Waals surface area contributed by atoms with Crippen molar-refractivity contribution in [2.24, 2.45) is 0 Å². The van der Waals surface area contributed by atoms with Crippen molar-refractivity contribution in [1.82, 2.24) is 10.3 Å². The van der Waals surface area contributed by atoms with Crippen molar-refractivity contribution >= 4 is 0 Å². The number of hydrogen-bond acceptors (Lipinski definition) is 4. The van der Waals surface area contributed by atoms with Gasteiger partial charge in [-0.2, -0.15) is 0 Å². The Morgan fingerprint density at radius 2 is 2.06 bits per heavy atom. The molecule has 1 aromatic heterocycles. The molecule has 0 spiro atoms. The van der Waals surface area contributed by atoms with Crippen molar-refractivity contribution in [1.29, 1.82) is 0 Å². The molecule has 4 nitrogen and oxygen atoms in total. The van der Waals surface area contributed by atoms with Gasteiger partial charge in [0.25, 0.3) is 0 Å². The van der Waals surface area contributed by atoms with Gasteiger partial charge in [0.05, 0.1) is 11.9 Å². The summed E-state index contributed by atoms with van der Waals surface area (Å²) in [4.78, 5) is 4.10. The van der Waals surface area contributed by atoms with Gasteiger partial charge in [-0.1, -0.05) is 0 Å². The molecule has 0 saturated heterocycles. The highest BCUT2D eigenvalue weighted by atomic mass is 16.3. The Balaban J connectivity index is 2.11. The number of nitrogens with one attached hydrogen (secondary N) is 1. The van der Waals surface area contributed by atoms with Crippen LogP contribution in [0.2, 0.25) is 0 Å². The number of nitrogens with zero attached hydrogens (tertiary/aromatic N) is 1. The van der Waals surface area contributed by atoms with Crippen LogP contribution in [0, 0.1) is 0 Å². The highest BCUT2D eigenvalue weighted by Crippen LogP contribution is 2.36. The van der Waals surface area contributed by atoms with Gasteiger partial charge in [-0.3, -0.25) is 4.98 Å². The second kappa shape index (κ2) is 4.39. The molecule has 1 aliphatic rings. The molecule has 0 unspecified atom stereocenters. The highest BCUT2D eigenvalue weighted by molar-refractivity contribution is 5.22. The Hall–Kier alpha value is -1.13. The van der Waals surface area contributed by atoms with E-state index in [0.717, 1.165) is 25.7 Å². The Bertz CT molecular complexity index is 343. The van der Waals surface area contributed by atoms with Gasteiger partial charge in [0.2, 0.25) is 0 Å². The first-order valence-corrected chi connectivity index (χ1v) is 5.69. The molecule has 1 saturated carbocycles. The molecule has 0 aliphatic heterocycles. The third-order valence-corrected chi connectivity index (χ3v) is 3.45. The smallest absolute Gasteiger partial charge is 0.133 e. The first-order valence-electron chi connectivity index (χ1n) is 5.69. The minimum atomic E-state index is -0.818. The Morgan fingerprint density at radius 1 is 1.38 bits per heavy atom. The van der Waals surface area contributed by atoms with E-state index in [1.54, 1.807) is 12.1 Å². The summed E-state index contributed by atoms with van der Waals surface area (Å²) in [7, 11) is 1.95. The zero-order chi connectivity index (χ0) is 11.6. The van der Waals surface area contributed by atoms with E-state index < -0.39 is 5.60 Å². The van der Waals surface area contributed by atoms with Crippen LogP contribution in [0.1, 0.15) is 31.4 Å². The van der Waals surface area contributed by atoms with Crippen molar-refractivity contribution in [2.75, 3.05) is 7.05 Å². The summed E-state index contributed by atoms with van der Waals surface area (Å²) >= 11 is 0. The molecular weight excluding hydrogens is 204 g/mol. The monoisotopic (exact) mass is 222 g/mol. The van der Waals surface area contributed by atoms with Crippen molar-refractivity contribution in [3.05, 3.63) is 24.0 Å². The molecule has 1 aliphatic carbocycles. The minimum absolute atomic E-state index is 0.135. The third kappa shape index (κ3) is 2.18. The molecule has 16 heavy (non-hydrogen) atoms. The molecule has 3 N–H and O–H groups in total. The van der Waals surface area contributed by atoms with Crippen molar-refractivity contribution in [2.45, 2.75) is 37.3 Å². The maximum atomic E-state index is 10.5. The minimum Gasteiger partial charge on any atom is -0.506 e. The van der Waals surface area contributed by atoms with Gasteiger partial charge in [-0.15, -0.1) is 0 Å². The molecular formula is C12H18N2O2. The molecule has 0 amide bonds. The average Bonchev–Trinajstić information content (AvgIpc) is 2.31. The number of rotatable bonds is 2. The quantitative estimate of drug-likeness (QED) is 0.702.